The molecule has 0 saturated carbocycles. The minimum Gasteiger partial charge on any atom is -0.496 e. The van der Waals surface area contributed by atoms with Gasteiger partial charge in [-0.25, -0.2) is 14.1 Å². The lowest BCUT2D eigenvalue weighted by Gasteiger charge is -2.30. The van der Waals surface area contributed by atoms with Gasteiger partial charge in [-0.15, -0.1) is 0 Å². The van der Waals surface area contributed by atoms with E-state index < -0.39 is 0 Å². The van der Waals surface area contributed by atoms with Crippen LogP contribution in [-0.4, -0.2) is 53.0 Å². The highest BCUT2D eigenvalue weighted by molar-refractivity contribution is 5.91. The van der Waals surface area contributed by atoms with Crippen molar-refractivity contribution in [3.05, 3.63) is 58.6 Å². The summed E-state index contributed by atoms with van der Waals surface area (Å²) >= 11 is 0. The van der Waals surface area contributed by atoms with Gasteiger partial charge in [0, 0.05) is 44.9 Å². The van der Waals surface area contributed by atoms with Crippen LogP contribution in [0, 0.1) is 5.82 Å². The molecule has 1 saturated heterocycles. The number of hydrogen-bond acceptors (Lipinski definition) is 6. The molecule has 1 aliphatic rings. The van der Waals surface area contributed by atoms with Crippen LogP contribution in [0.3, 0.4) is 0 Å². The zero-order valence-corrected chi connectivity index (χ0v) is 17.9. The van der Waals surface area contributed by atoms with Gasteiger partial charge in [0.1, 0.15) is 28.5 Å². The maximum atomic E-state index is 15.1. The number of ether oxygens (including phenoxy) is 1. The average Bonchev–Trinajstić information content (AvgIpc) is 3.17. The van der Waals surface area contributed by atoms with Gasteiger partial charge in [-0.1, -0.05) is 30.3 Å². The first kappa shape index (κ1) is 20.2. The first-order valence-corrected chi connectivity index (χ1v) is 10.4. The number of aryl methyl sites for hydroxylation is 1. The molecule has 164 valence electrons. The molecule has 2 aromatic carbocycles. The maximum Gasteiger partial charge on any atom is 0.262 e. The van der Waals surface area contributed by atoms with E-state index in [1.165, 1.54) is 13.2 Å². The molecule has 5 rings (SSSR count). The van der Waals surface area contributed by atoms with Crippen molar-refractivity contribution in [3.8, 4) is 28.4 Å². The van der Waals surface area contributed by atoms with Crippen molar-refractivity contribution in [2.75, 3.05) is 38.2 Å². The number of nitrogens with zero attached hydrogens (tertiary/aromatic N) is 4. The number of piperazine rings is 1. The number of nitrogens with one attached hydrogen (secondary N) is 2. The summed E-state index contributed by atoms with van der Waals surface area (Å²) < 4.78 is 22.2. The lowest BCUT2D eigenvalue weighted by Crippen LogP contribution is -2.43. The largest absolute Gasteiger partial charge is 0.496 e. The van der Waals surface area contributed by atoms with Gasteiger partial charge >= 0.3 is 0 Å². The molecule has 1 aliphatic heterocycles. The number of hydrogen-bond donors (Lipinski definition) is 2. The van der Waals surface area contributed by atoms with Crippen molar-refractivity contribution < 1.29 is 9.13 Å². The molecule has 2 N–H and O–H groups in total. The molecule has 1 fully saturated rings. The fraction of sp³-hybridized carbons (Fsp3) is 0.261. The SMILES string of the molecule is COc1cc(N2CCNCC2)c(F)cc1-c1nc2c(c(-c3ccccc3)nn2C)c(=O)[nH]1. The van der Waals surface area contributed by atoms with Crippen LogP contribution >= 0.6 is 0 Å². The summed E-state index contributed by atoms with van der Waals surface area (Å²) in [7, 11) is 3.25. The molecule has 3 heterocycles. The quantitative estimate of drug-likeness (QED) is 0.513. The normalized spacial score (nSPS) is 14.2. The van der Waals surface area contributed by atoms with Gasteiger partial charge in [-0.2, -0.15) is 5.10 Å². The second-order valence-corrected chi connectivity index (χ2v) is 7.69. The lowest BCUT2D eigenvalue weighted by atomic mass is 10.1. The van der Waals surface area contributed by atoms with E-state index in [2.05, 4.69) is 20.4 Å². The number of halogens is 1. The van der Waals surface area contributed by atoms with Crippen LogP contribution in [0.1, 0.15) is 0 Å². The van der Waals surface area contributed by atoms with Crippen molar-refractivity contribution in [2.24, 2.45) is 7.05 Å². The van der Waals surface area contributed by atoms with Crippen LogP contribution in [0.15, 0.2) is 47.3 Å². The summed E-state index contributed by atoms with van der Waals surface area (Å²) in [6, 6.07) is 12.5. The van der Waals surface area contributed by atoms with Crippen LogP contribution in [0.2, 0.25) is 0 Å². The zero-order valence-electron chi connectivity index (χ0n) is 17.9. The number of rotatable bonds is 4. The molecule has 0 atom stereocenters. The predicted molar refractivity (Wildman–Crippen MR) is 122 cm³/mol. The number of aromatic amines is 1. The first-order chi connectivity index (χ1) is 15.6. The maximum absolute atomic E-state index is 15.1. The standard InChI is InChI=1S/C23H23FN6O2/c1-29-22-19(20(28-29)14-6-4-3-5-7-14)23(31)27-21(26-22)15-12-16(24)17(13-18(15)32-2)30-10-8-25-9-11-30/h3-7,12-13,25H,8-11H2,1-2H3,(H,26,27,31). The van der Waals surface area contributed by atoms with Crippen molar-refractivity contribution in [1.29, 1.82) is 0 Å². The Bertz CT molecular complexity index is 1340. The van der Waals surface area contributed by atoms with Crippen molar-refractivity contribution in [1.82, 2.24) is 25.1 Å². The Morgan fingerprint density at radius 3 is 2.59 bits per heavy atom. The van der Waals surface area contributed by atoms with Gasteiger partial charge in [0.15, 0.2) is 5.65 Å². The molecule has 0 aliphatic carbocycles. The van der Waals surface area contributed by atoms with Crippen LogP contribution in [0.4, 0.5) is 10.1 Å². The van der Waals surface area contributed by atoms with Gasteiger partial charge in [0.05, 0.1) is 18.4 Å². The summed E-state index contributed by atoms with van der Waals surface area (Å²) in [5.74, 6) is 0.279. The first-order valence-electron chi connectivity index (χ1n) is 10.4. The fourth-order valence-corrected chi connectivity index (χ4v) is 4.13. The number of anilines is 1. The van der Waals surface area contributed by atoms with E-state index >= 15 is 4.39 Å². The minimum absolute atomic E-state index is 0.229. The van der Waals surface area contributed by atoms with E-state index in [-0.39, 0.29) is 17.2 Å². The highest BCUT2D eigenvalue weighted by atomic mass is 19.1. The third-order valence-electron chi connectivity index (χ3n) is 5.72. The molecule has 4 aromatic rings. The number of aromatic nitrogens is 4. The second-order valence-electron chi connectivity index (χ2n) is 7.69. The van der Waals surface area contributed by atoms with Gasteiger partial charge in [-0.05, 0) is 6.07 Å². The smallest absolute Gasteiger partial charge is 0.262 e. The van der Waals surface area contributed by atoms with Crippen LogP contribution in [0.5, 0.6) is 5.75 Å². The Kier molecular flexibility index (Phi) is 5.10. The van der Waals surface area contributed by atoms with Crippen LogP contribution in [-0.2, 0) is 7.05 Å². The zero-order chi connectivity index (χ0) is 22.2. The van der Waals surface area contributed by atoms with E-state index in [1.54, 1.807) is 17.8 Å². The highest BCUT2D eigenvalue weighted by Gasteiger charge is 2.22. The van der Waals surface area contributed by atoms with E-state index in [9.17, 15) is 4.79 Å². The molecular weight excluding hydrogens is 411 g/mol. The van der Waals surface area contributed by atoms with E-state index in [0.717, 1.165) is 18.7 Å². The summed E-state index contributed by atoms with van der Waals surface area (Å²) in [6.45, 7) is 2.99. The Morgan fingerprint density at radius 2 is 1.88 bits per heavy atom. The Hall–Kier alpha value is -3.72. The highest BCUT2D eigenvalue weighted by Crippen LogP contribution is 2.35. The number of H-pyrrole nitrogens is 1. The molecule has 0 radical (unpaired) electrons. The molecule has 8 nitrogen and oxygen atoms in total. The van der Waals surface area contributed by atoms with E-state index in [0.29, 0.717) is 46.8 Å². The molecule has 0 amide bonds. The summed E-state index contributed by atoms with van der Waals surface area (Å²) in [6.07, 6.45) is 0. The molecule has 9 heteroatoms. The Labute approximate surface area is 183 Å². The predicted octanol–water partition coefficient (Wildman–Crippen LogP) is 2.55. The molecule has 2 aromatic heterocycles. The van der Waals surface area contributed by atoms with Crippen LogP contribution in [0.25, 0.3) is 33.7 Å². The monoisotopic (exact) mass is 434 g/mol. The Balaban J connectivity index is 1.64. The molecule has 0 bridgehead atoms. The van der Waals surface area contributed by atoms with Gasteiger partial charge in [0.2, 0.25) is 0 Å². The molecule has 32 heavy (non-hydrogen) atoms. The van der Waals surface area contributed by atoms with E-state index in [1.807, 2.05) is 35.2 Å². The molecule has 0 spiro atoms. The van der Waals surface area contributed by atoms with Crippen molar-refractivity contribution in [3.63, 3.8) is 0 Å². The number of benzene rings is 2. The summed E-state index contributed by atoms with van der Waals surface area (Å²) in [5.41, 5.74) is 2.30. The van der Waals surface area contributed by atoms with Gasteiger partial charge in [0.25, 0.3) is 5.56 Å². The number of methoxy groups -OCH3 is 1. The Morgan fingerprint density at radius 1 is 1.12 bits per heavy atom. The van der Waals surface area contributed by atoms with Gasteiger partial charge in [-0.3, -0.25) is 4.79 Å². The molecule has 0 unspecified atom stereocenters. The minimum atomic E-state index is -0.388. The van der Waals surface area contributed by atoms with E-state index in [4.69, 9.17) is 4.74 Å². The van der Waals surface area contributed by atoms with Crippen molar-refractivity contribution in [2.45, 2.75) is 0 Å². The van der Waals surface area contributed by atoms with Crippen LogP contribution < -0.4 is 20.5 Å². The summed E-state index contributed by atoms with van der Waals surface area (Å²) in [5, 5.41) is 8.15. The molecular formula is C23H23FN6O2. The second kappa shape index (κ2) is 8.08. The lowest BCUT2D eigenvalue weighted by molar-refractivity contribution is 0.414. The average molecular weight is 434 g/mol. The topological polar surface area (TPSA) is 88.1 Å². The van der Waals surface area contributed by atoms with Crippen molar-refractivity contribution >= 4 is 16.7 Å². The third kappa shape index (κ3) is 3.40. The fourth-order valence-electron chi connectivity index (χ4n) is 4.13. The van der Waals surface area contributed by atoms with Gasteiger partial charge < -0.3 is 19.9 Å². The number of fused-ring (bicyclic) bond motifs is 1. The summed E-state index contributed by atoms with van der Waals surface area (Å²) in [4.78, 5) is 22.5. The third-order valence-corrected chi connectivity index (χ3v) is 5.72.